The first-order chi connectivity index (χ1) is 8.66. The minimum Gasteiger partial charge on any atom is -0.353 e. The molecule has 2 N–H and O–H groups in total. The fraction of sp³-hybridized carbons (Fsp3) is 0.643. The highest BCUT2D eigenvalue weighted by atomic mass is 32.1. The zero-order valence-electron chi connectivity index (χ0n) is 11.2. The molecule has 0 radical (unpaired) electrons. The van der Waals surface area contributed by atoms with E-state index in [0.717, 1.165) is 32.4 Å². The molecule has 100 valence electrons. The lowest BCUT2D eigenvalue weighted by Crippen LogP contribution is -2.46. The Balaban J connectivity index is 1.90. The van der Waals surface area contributed by atoms with Crippen LogP contribution in [-0.2, 0) is 11.2 Å². The van der Waals surface area contributed by atoms with Gasteiger partial charge in [-0.2, -0.15) is 0 Å². The van der Waals surface area contributed by atoms with Crippen LogP contribution >= 0.6 is 11.3 Å². The summed E-state index contributed by atoms with van der Waals surface area (Å²) in [7, 11) is 0. The Hall–Kier alpha value is -0.870. The van der Waals surface area contributed by atoms with E-state index in [0.29, 0.717) is 0 Å². The quantitative estimate of drug-likeness (QED) is 0.857. The monoisotopic (exact) mass is 266 g/mol. The van der Waals surface area contributed by atoms with E-state index < -0.39 is 0 Å². The first-order valence-electron chi connectivity index (χ1n) is 6.70. The van der Waals surface area contributed by atoms with E-state index >= 15 is 0 Å². The molecular weight excluding hydrogens is 244 g/mol. The largest absolute Gasteiger partial charge is 0.353 e. The highest BCUT2D eigenvalue weighted by Gasteiger charge is 2.39. The third-order valence-electron chi connectivity index (χ3n) is 3.87. The van der Waals surface area contributed by atoms with Crippen LogP contribution in [0, 0.1) is 5.41 Å². The summed E-state index contributed by atoms with van der Waals surface area (Å²) in [6.45, 7) is 5.97. The van der Waals surface area contributed by atoms with Crippen LogP contribution in [0.25, 0.3) is 0 Å². The van der Waals surface area contributed by atoms with Crippen LogP contribution in [0.1, 0.15) is 31.6 Å². The van der Waals surface area contributed by atoms with Crippen LogP contribution in [0.4, 0.5) is 0 Å². The van der Waals surface area contributed by atoms with Gasteiger partial charge < -0.3 is 10.6 Å². The molecule has 1 aromatic rings. The molecule has 2 unspecified atom stereocenters. The van der Waals surface area contributed by atoms with Gasteiger partial charge in [-0.3, -0.25) is 4.79 Å². The van der Waals surface area contributed by atoms with Gasteiger partial charge >= 0.3 is 0 Å². The lowest BCUT2D eigenvalue weighted by molar-refractivity contribution is -0.130. The second-order valence-electron chi connectivity index (χ2n) is 5.22. The number of rotatable bonds is 5. The van der Waals surface area contributed by atoms with Gasteiger partial charge in [0.25, 0.3) is 0 Å². The summed E-state index contributed by atoms with van der Waals surface area (Å²) in [5, 5.41) is 8.57. The van der Waals surface area contributed by atoms with Crippen molar-refractivity contribution in [3.05, 3.63) is 22.4 Å². The second-order valence-corrected chi connectivity index (χ2v) is 6.25. The van der Waals surface area contributed by atoms with Crippen molar-refractivity contribution in [2.75, 3.05) is 13.1 Å². The summed E-state index contributed by atoms with van der Waals surface area (Å²) in [4.78, 5) is 13.7. The fourth-order valence-electron chi connectivity index (χ4n) is 2.56. The molecule has 0 spiro atoms. The molecule has 0 aliphatic carbocycles. The van der Waals surface area contributed by atoms with Crippen molar-refractivity contribution >= 4 is 17.2 Å². The van der Waals surface area contributed by atoms with Crippen molar-refractivity contribution < 1.29 is 4.79 Å². The van der Waals surface area contributed by atoms with E-state index in [-0.39, 0.29) is 17.4 Å². The number of hydrogen-bond acceptors (Lipinski definition) is 3. The van der Waals surface area contributed by atoms with Crippen LogP contribution in [0.15, 0.2) is 17.5 Å². The normalized spacial score (nSPS) is 25.0. The van der Waals surface area contributed by atoms with E-state index in [9.17, 15) is 4.79 Å². The molecule has 2 rings (SSSR count). The molecule has 1 amide bonds. The Labute approximate surface area is 113 Å². The Morgan fingerprint density at radius 1 is 1.67 bits per heavy atom. The average molecular weight is 266 g/mol. The Morgan fingerprint density at radius 3 is 3.06 bits per heavy atom. The summed E-state index contributed by atoms with van der Waals surface area (Å²) < 4.78 is 0. The van der Waals surface area contributed by atoms with Crippen molar-refractivity contribution in [2.45, 2.75) is 39.2 Å². The number of hydrogen-bond donors (Lipinski definition) is 2. The van der Waals surface area contributed by atoms with Gasteiger partial charge in [-0.1, -0.05) is 13.0 Å². The SMILES string of the molecule is CCC1(C(=O)NC(C)Cc2cccs2)CCNC1. The third kappa shape index (κ3) is 2.93. The van der Waals surface area contributed by atoms with E-state index in [1.807, 2.05) is 0 Å². The summed E-state index contributed by atoms with van der Waals surface area (Å²) in [5.74, 6) is 0.221. The molecular formula is C14H22N2OS. The molecule has 2 heterocycles. The highest BCUT2D eigenvalue weighted by molar-refractivity contribution is 7.09. The van der Waals surface area contributed by atoms with Crippen molar-refractivity contribution in [3.8, 4) is 0 Å². The van der Waals surface area contributed by atoms with E-state index in [1.165, 1.54) is 4.88 Å². The fourth-order valence-corrected chi connectivity index (χ4v) is 3.39. The molecule has 1 aromatic heterocycles. The van der Waals surface area contributed by atoms with Crippen LogP contribution in [-0.4, -0.2) is 25.0 Å². The highest BCUT2D eigenvalue weighted by Crippen LogP contribution is 2.29. The molecule has 0 saturated carbocycles. The van der Waals surface area contributed by atoms with Crippen LogP contribution in [0.5, 0.6) is 0 Å². The molecule has 18 heavy (non-hydrogen) atoms. The standard InChI is InChI=1S/C14H22N2OS/c1-3-14(6-7-15-10-14)13(17)16-11(2)9-12-5-4-8-18-12/h4-5,8,11,15H,3,6-7,9-10H2,1-2H3,(H,16,17). The van der Waals surface area contributed by atoms with Gasteiger partial charge in [0.1, 0.15) is 0 Å². The van der Waals surface area contributed by atoms with E-state index in [1.54, 1.807) is 11.3 Å². The molecule has 1 saturated heterocycles. The number of thiophene rings is 1. The van der Waals surface area contributed by atoms with Gasteiger partial charge in [0.05, 0.1) is 5.41 Å². The van der Waals surface area contributed by atoms with Crippen molar-refractivity contribution in [3.63, 3.8) is 0 Å². The lowest BCUT2D eigenvalue weighted by atomic mass is 9.83. The summed E-state index contributed by atoms with van der Waals surface area (Å²) >= 11 is 1.75. The Kier molecular flexibility index (Phi) is 4.40. The van der Waals surface area contributed by atoms with Gasteiger partial charge in [-0.25, -0.2) is 0 Å². The summed E-state index contributed by atoms with van der Waals surface area (Å²) in [5.41, 5.74) is -0.177. The minimum absolute atomic E-state index is 0.177. The maximum Gasteiger partial charge on any atom is 0.227 e. The van der Waals surface area contributed by atoms with Gasteiger partial charge in [-0.05, 0) is 37.8 Å². The van der Waals surface area contributed by atoms with Crippen molar-refractivity contribution in [2.24, 2.45) is 5.41 Å². The molecule has 0 bridgehead atoms. The van der Waals surface area contributed by atoms with Gasteiger partial charge in [0.15, 0.2) is 0 Å². The van der Waals surface area contributed by atoms with Crippen molar-refractivity contribution in [1.82, 2.24) is 10.6 Å². The smallest absolute Gasteiger partial charge is 0.227 e. The Bertz CT molecular complexity index is 383. The molecule has 4 heteroatoms. The van der Waals surface area contributed by atoms with E-state index in [4.69, 9.17) is 0 Å². The van der Waals surface area contributed by atoms with Crippen LogP contribution in [0.2, 0.25) is 0 Å². The van der Waals surface area contributed by atoms with Crippen LogP contribution < -0.4 is 10.6 Å². The Morgan fingerprint density at radius 2 is 2.50 bits per heavy atom. The average Bonchev–Trinajstić information content (AvgIpc) is 2.99. The zero-order valence-corrected chi connectivity index (χ0v) is 12.0. The first kappa shape index (κ1) is 13.6. The van der Waals surface area contributed by atoms with Gasteiger partial charge in [0, 0.05) is 23.9 Å². The predicted octanol–water partition coefficient (Wildman–Crippen LogP) is 2.18. The maximum atomic E-state index is 12.4. The number of amides is 1. The second kappa shape index (κ2) is 5.85. The predicted molar refractivity (Wildman–Crippen MR) is 75.8 cm³/mol. The first-order valence-corrected chi connectivity index (χ1v) is 7.58. The van der Waals surface area contributed by atoms with E-state index in [2.05, 4.69) is 42.0 Å². The molecule has 1 aliphatic rings. The van der Waals surface area contributed by atoms with Gasteiger partial charge in [-0.15, -0.1) is 11.3 Å². The van der Waals surface area contributed by atoms with Crippen LogP contribution in [0.3, 0.4) is 0 Å². The topological polar surface area (TPSA) is 41.1 Å². The number of carbonyl (C=O) groups is 1. The number of nitrogens with one attached hydrogen (secondary N) is 2. The third-order valence-corrected chi connectivity index (χ3v) is 4.77. The van der Waals surface area contributed by atoms with Crippen molar-refractivity contribution in [1.29, 1.82) is 0 Å². The number of carbonyl (C=O) groups excluding carboxylic acids is 1. The summed E-state index contributed by atoms with van der Waals surface area (Å²) in [6.07, 6.45) is 2.80. The zero-order chi connectivity index (χ0) is 13.0. The maximum absolute atomic E-state index is 12.4. The molecule has 3 nitrogen and oxygen atoms in total. The minimum atomic E-state index is -0.177. The molecule has 1 fully saturated rings. The molecule has 1 aliphatic heterocycles. The lowest BCUT2D eigenvalue weighted by Gasteiger charge is -2.27. The molecule has 0 aromatic carbocycles. The molecule has 2 atom stereocenters. The summed E-state index contributed by atoms with van der Waals surface area (Å²) in [6, 6.07) is 4.39. The van der Waals surface area contributed by atoms with Gasteiger partial charge in [0.2, 0.25) is 5.91 Å².